The number of methoxy groups -OCH3 is 1. The summed E-state index contributed by atoms with van der Waals surface area (Å²) >= 11 is 0. The van der Waals surface area contributed by atoms with Crippen LogP contribution in [0.2, 0.25) is 0 Å². The molecule has 2 aromatic heterocycles. The molecule has 3 aromatic rings. The van der Waals surface area contributed by atoms with Crippen LogP contribution in [0.3, 0.4) is 0 Å². The molecule has 2 N–H and O–H groups in total. The van der Waals surface area contributed by atoms with E-state index in [0.29, 0.717) is 29.9 Å². The number of carbonyl (C=O) groups excluding carboxylic acids is 3. The number of amides is 2. The first kappa shape index (κ1) is 22.3. The molecular weight excluding hydrogens is 426 g/mol. The third-order valence-corrected chi connectivity index (χ3v) is 5.57. The Morgan fingerprint density at radius 3 is 2.48 bits per heavy atom. The van der Waals surface area contributed by atoms with Crippen LogP contribution < -0.4 is 15.8 Å². The van der Waals surface area contributed by atoms with Crippen molar-refractivity contribution in [3.05, 3.63) is 71.0 Å². The maximum atomic E-state index is 12.9. The number of aromatic nitrogens is 3. The highest BCUT2D eigenvalue weighted by Gasteiger charge is 2.34. The van der Waals surface area contributed by atoms with Gasteiger partial charge in [-0.15, -0.1) is 0 Å². The molecular formula is C23H23N5O5. The average Bonchev–Trinajstić information content (AvgIpc) is 3.51. The number of imidazole rings is 1. The smallest absolute Gasteiger partial charge is 0.268 e. The van der Waals surface area contributed by atoms with Crippen molar-refractivity contribution in [2.24, 2.45) is 0 Å². The Morgan fingerprint density at radius 1 is 1.15 bits per heavy atom. The molecule has 1 fully saturated rings. The molecule has 170 valence electrons. The van der Waals surface area contributed by atoms with Crippen molar-refractivity contribution in [1.29, 1.82) is 0 Å². The second-order valence-electron chi connectivity index (χ2n) is 7.68. The quantitative estimate of drug-likeness (QED) is 0.599. The van der Waals surface area contributed by atoms with Crippen LogP contribution in [0.15, 0.2) is 59.9 Å². The van der Waals surface area contributed by atoms with Gasteiger partial charge in [0.25, 0.3) is 17.4 Å². The molecule has 10 heteroatoms. The summed E-state index contributed by atoms with van der Waals surface area (Å²) in [5.74, 6) is -1.22. The largest absolute Gasteiger partial charge is 0.380 e. The van der Waals surface area contributed by atoms with Gasteiger partial charge < -0.3 is 15.0 Å². The molecule has 1 aromatic carbocycles. The molecule has 4 rings (SSSR count). The summed E-state index contributed by atoms with van der Waals surface area (Å²) < 4.78 is 6.51. The Bertz CT molecular complexity index is 1230. The summed E-state index contributed by atoms with van der Waals surface area (Å²) in [6.07, 6.45) is 4.66. The third kappa shape index (κ3) is 4.52. The van der Waals surface area contributed by atoms with Gasteiger partial charge in [0.2, 0.25) is 5.91 Å². The topological polar surface area (TPSA) is 126 Å². The van der Waals surface area contributed by atoms with Crippen LogP contribution in [0, 0.1) is 0 Å². The summed E-state index contributed by atoms with van der Waals surface area (Å²) in [5.41, 5.74) is 1.03. The van der Waals surface area contributed by atoms with E-state index in [0.717, 1.165) is 4.90 Å². The van der Waals surface area contributed by atoms with E-state index in [1.807, 2.05) is 0 Å². The Labute approximate surface area is 189 Å². The summed E-state index contributed by atoms with van der Waals surface area (Å²) in [7, 11) is 1.59. The molecule has 0 saturated carbocycles. The van der Waals surface area contributed by atoms with Crippen molar-refractivity contribution in [2.75, 3.05) is 18.6 Å². The van der Waals surface area contributed by atoms with Crippen LogP contribution in [-0.2, 0) is 14.3 Å². The van der Waals surface area contributed by atoms with Gasteiger partial charge in [-0.1, -0.05) is 12.1 Å². The lowest BCUT2D eigenvalue weighted by molar-refractivity contribution is -0.126. The van der Waals surface area contributed by atoms with Gasteiger partial charge >= 0.3 is 0 Å². The number of H-pyrrole nitrogens is 1. The highest BCUT2D eigenvalue weighted by atomic mass is 16.5. The van der Waals surface area contributed by atoms with Crippen LogP contribution in [0.5, 0.6) is 0 Å². The maximum absolute atomic E-state index is 12.9. The number of rotatable bonds is 5. The lowest BCUT2D eigenvalue weighted by Gasteiger charge is -2.23. The summed E-state index contributed by atoms with van der Waals surface area (Å²) in [6, 6.07) is 9.24. The van der Waals surface area contributed by atoms with Crippen molar-refractivity contribution in [3.8, 4) is 11.3 Å². The molecule has 0 radical (unpaired) electrons. The van der Waals surface area contributed by atoms with Crippen molar-refractivity contribution in [2.45, 2.75) is 25.5 Å². The fourth-order valence-electron chi connectivity index (χ4n) is 3.81. The van der Waals surface area contributed by atoms with E-state index in [1.165, 1.54) is 36.3 Å². The standard InChI is InChI=1S/C23H23N5O5/c1-14(29)28(23(32)20-11-17(33-2)12-25-20)16-5-3-15(4-6-16)19-8-7-18(21(30)26-19)22(31)27-10-9-24-13-27/h3-10,13,17,20,25H,11-12H2,1-2H3,(H,26,30)/t17?,20-/m0/s1. The number of nitrogens with zero attached hydrogens (tertiary/aromatic N) is 3. The number of aromatic amines is 1. The zero-order valence-corrected chi connectivity index (χ0v) is 18.1. The van der Waals surface area contributed by atoms with Gasteiger partial charge in [-0.2, -0.15) is 0 Å². The van der Waals surface area contributed by atoms with Gasteiger partial charge in [0.1, 0.15) is 11.9 Å². The van der Waals surface area contributed by atoms with Crippen molar-refractivity contribution >= 4 is 23.4 Å². The first-order valence-electron chi connectivity index (χ1n) is 10.4. The van der Waals surface area contributed by atoms with Crippen LogP contribution in [0.4, 0.5) is 5.69 Å². The minimum absolute atomic E-state index is 0.0138. The maximum Gasteiger partial charge on any atom is 0.268 e. The molecule has 1 unspecified atom stereocenters. The molecule has 3 heterocycles. The molecule has 2 atom stereocenters. The van der Waals surface area contributed by atoms with E-state index in [-0.39, 0.29) is 17.6 Å². The second kappa shape index (κ2) is 9.31. The number of nitrogens with one attached hydrogen (secondary N) is 2. The molecule has 10 nitrogen and oxygen atoms in total. The van der Waals surface area contributed by atoms with Gasteiger partial charge in [-0.05, 0) is 36.2 Å². The van der Waals surface area contributed by atoms with E-state index in [4.69, 9.17) is 4.74 Å². The highest BCUT2D eigenvalue weighted by Crippen LogP contribution is 2.24. The molecule has 1 aliphatic rings. The van der Waals surface area contributed by atoms with Gasteiger partial charge in [-0.3, -0.25) is 23.7 Å². The van der Waals surface area contributed by atoms with Gasteiger partial charge in [0.05, 0.1) is 17.8 Å². The van der Waals surface area contributed by atoms with Gasteiger partial charge in [-0.25, -0.2) is 9.88 Å². The molecule has 1 saturated heterocycles. The number of hydrogen-bond donors (Lipinski definition) is 2. The number of benzene rings is 1. The van der Waals surface area contributed by atoms with Crippen molar-refractivity contribution in [1.82, 2.24) is 19.9 Å². The Kier molecular flexibility index (Phi) is 6.29. The van der Waals surface area contributed by atoms with Crippen LogP contribution in [0.25, 0.3) is 11.3 Å². The lowest BCUT2D eigenvalue weighted by atomic mass is 10.1. The summed E-state index contributed by atoms with van der Waals surface area (Å²) in [4.78, 5) is 57.7. The molecule has 33 heavy (non-hydrogen) atoms. The molecule has 1 aliphatic heterocycles. The van der Waals surface area contributed by atoms with E-state index in [2.05, 4.69) is 15.3 Å². The fraction of sp³-hybridized carbons (Fsp3) is 0.261. The van der Waals surface area contributed by atoms with Crippen LogP contribution in [-0.4, -0.2) is 58.1 Å². The fourth-order valence-corrected chi connectivity index (χ4v) is 3.81. The summed E-state index contributed by atoms with van der Waals surface area (Å²) in [6.45, 7) is 1.88. The molecule has 0 aliphatic carbocycles. The van der Waals surface area contributed by atoms with E-state index < -0.39 is 23.4 Å². The number of pyridine rings is 1. The number of imide groups is 1. The number of hydrogen-bond acceptors (Lipinski definition) is 7. The normalized spacial score (nSPS) is 17.6. The van der Waals surface area contributed by atoms with E-state index in [1.54, 1.807) is 37.4 Å². The third-order valence-electron chi connectivity index (χ3n) is 5.57. The monoisotopic (exact) mass is 449 g/mol. The second-order valence-corrected chi connectivity index (χ2v) is 7.68. The number of ether oxygens (including phenoxy) is 1. The van der Waals surface area contributed by atoms with Gasteiger partial charge in [0, 0.05) is 38.7 Å². The Balaban J connectivity index is 1.55. The minimum atomic E-state index is -0.532. The predicted octanol–water partition coefficient (Wildman–Crippen LogP) is 1.18. The average molecular weight is 449 g/mol. The number of carbonyl (C=O) groups is 3. The minimum Gasteiger partial charge on any atom is -0.380 e. The number of anilines is 1. The highest BCUT2D eigenvalue weighted by molar-refractivity contribution is 6.16. The first-order chi connectivity index (χ1) is 15.9. The molecule has 0 bridgehead atoms. The van der Waals surface area contributed by atoms with E-state index >= 15 is 0 Å². The lowest BCUT2D eigenvalue weighted by Crippen LogP contribution is -2.46. The predicted molar refractivity (Wildman–Crippen MR) is 120 cm³/mol. The Hall–Kier alpha value is -3.89. The van der Waals surface area contributed by atoms with Crippen LogP contribution in [0.1, 0.15) is 23.7 Å². The zero-order chi connectivity index (χ0) is 23.5. The molecule has 2 amide bonds. The first-order valence-corrected chi connectivity index (χ1v) is 10.4. The zero-order valence-electron chi connectivity index (χ0n) is 18.1. The van der Waals surface area contributed by atoms with E-state index in [9.17, 15) is 19.2 Å². The van der Waals surface area contributed by atoms with Gasteiger partial charge in [0.15, 0.2) is 0 Å². The molecule has 0 spiro atoms. The SMILES string of the molecule is COC1CN[C@H](C(=O)N(C(C)=O)c2ccc(-c3ccc(C(=O)n4ccnc4)c(=O)[nH]3)cc2)C1. The van der Waals surface area contributed by atoms with Crippen molar-refractivity contribution in [3.63, 3.8) is 0 Å². The summed E-state index contributed by atoms with van der Waals surface area (Å²) in [5, 5.41) is 3.09. The Morgan fingerprint density at radius 2 is 1.91 bits per heavy atom. The van der Waals surface area contributed by atoms with Crippen LogP contribution >= 0.6 is 0 Å². The van der Waals surface area contributed by atoms with Crippen molar-refractivity contribution < 1.29 is 19.1 Å².